The summed E-state index contributed by atoms with van der Waals surface area (Å²) in [7, 11) is 0. The van der Waals surface area contributed by atoms with Crippen LogP contribution in [0.5, 0.6) is 0 Å². The molecule has 1 saturated heterocycles. The Balaban J connectivity index is 2.18. The zero-order chi connectivity index (χ0) is 14.5. The number of rotatable bonds is 6. The van der Waals surface area contributed by atoms with Crippen LogP contribution in [0.3, 0.4) is 0 Å². The van der Waals surface area contributed by atoms with Crippen LogP contribution in [0.2, 0.25) is 0 Å². The van der Waals surface area contributed by atoms with Crippen LogP contribution in [-0.4, -0.2) is 30.6 Å². The van der Waals surface area contributed by atoms with Gasteiger partial charge in [0.2, 0.25) is 0 Å². The van der Waals surface area contributed by atoms with Crippen LogP contribution < -0.4 is 5.32 Å². The lowest BCUT2D eigenvalue weighted by molar-refractivity contribution is 0.179. The summed E-state index contributed by atoms with van der Waals surface area (Å²) in [4.78, 5) is 2.70. The predicted molar refractivity (Wildman–Crippen MR) is 86.8 cm³/mol. The van der Waals surface area contributed by atoms with Crippen molar-refractivity contribution in [3.63, 3.8) is 0 Å². The zero-order valence-electron chi connectivity index (χ0n) is 13.5. The van der Waals surface area contributed by atoms with Crippen LogP contribution in [0, 0.1) is 11.8 Å². The minimum absolute atomic E-state index is 0.448. The van der Waals surface area contributed by atoms with Crippen molar-refractivity contribution >= 4 is 0 Å². The van der Waals surface area contributed by atoms with Crippen LogP contribution >= 0.6 is 0 Å². The van der Waals surface area contributed by atoms with Gasteiger partial charge >= 0.3 is 0 Å². The molecule has 0 amide bonds. The number of likely N-dealkylation sites (tertiary alicyclic amines) is 1. The summed E-state index contributed by atoms with van der Waals surface area (Å²) >= 11 is 0. The van der Waals surface area contributed by atoms with E-state index in [9.17, 15) is 0 Å². The Morgan fingerprint density at radius 1 is 1.10 bits per heavy atom. The molecule has 20 heavy (non-hydrogen) atoms. The van der Waals surface area contributed by atoms with Crippen molar-refractivity contribution in [3.05, 3.63) is 35.9 Å². The molecule has 1 aromatic rings. The van der Waals surface area contributed by atoms with Crippen LogP contribution in [0.25, 0.3) is 0 Å². The van der Waals surface area contributed by atoms with Crippen LogP contribution in [0.15, 0.2) is 30.3 Å². The summed E-state index contributed by atoms with van der Waals surface area (Å²) in [5.74, 6) is 1.64. The maximum Gasteiger partial charge on any atom is 0.0477 e. The standard InChI is InChI=1S/C18H30N2/c1-5-17(20-12-14(3)15(4)13-20)18(19-6-2)16-10-8-7-9-11-16/h7-11,14-15,17-19H,5-6,12-13H2,1-4H3. The number of hydrogen-bond acceptors (Lipinski definition) is 2. The Kier molecular flexibility index (Phi) is 5.62. The molecule has 1 N–H and O–H groups in total. The van der Waals surface area contributed by atoms with Gasteiger partial charge in [-0.05, 0) is 30.4 Å². The fourth-order valence-corrected chi connectivity index (χ4v) is 3.51. The largest absolute Gasteiger partial charge is 0.309 e. The van der Waals surface area contributed by atoms with Crippen molar-refractivity contribution in [2.75, 3.05) is 19.6 Å². The van der Waals surface area contributed by atoms with Gasteiger partial charge in [-0.25, -0.2) is 0 Å². The summed E-state index contributed by atoms with van der Waals surface area (Å²) in [6.07, 6.45) is 1.20. The van der Waals surface area contributed by atoms with E-state index < -0.39 is 0 Å². The molecular formula is C18H30N2. The normalized spacial score (nSPS) is 26.6. The van der Waals surface area contributed by atoms with E-state index in [-0.39, 0.29) is 0 Å². The summed E-state index contributed by atoms with van der Waals surface area (Å²) in [6.45, 7) is 12.8. The van der Waals surface area contributed by atoms with Gasteiger partial charge in [0, 0.05) is 25.2 Å². The molecule has 1 heterocycles. The van der Waals surface area contributed by atoms with E-state index in [0.29, 0.717) is 12.1 Å². The Labute approximate surface area is 124 Å². The molecule has 0 saturated carbocycles. The van der Waals surface area contributed by atoms with E-state index in [4.69, 9.17) is 0 Å². The third-order valence-electron chi connectivity index (χ3n) is 4.87. The Bertz CT molecular complexity index is 380. The summed E-state index contributed by atoms with van der Waals surface area (Å²) in [5, 5.41) is 3.71. The minimum Gasteiger partial charge on any atom is -0.309 e. The second-order valence-electron chi connectivity index (χ2n) is 6.33. The molecule has 1 fully saturated rings. The fraction of sp³-hybridized carbons (Fsp3) is 0.667. The van der Waals surface area contributed by atoms with E-state index in [1.165, 1.54) is 25.1 Å². The van der Waals surface area contributed by atoms with Gasteiger partial charge in [0.1, 0.15) is 0 Å². The second-order valence-corrected chi connectivity index (χ2v) is 6.33. The lowest BCUT2D eigenvalue weighted by Crippen LogP contribution is -2.43. The van der Waals surface area contributed by atoms with Gasteiger partial charge in [-0.1, -0.05) is 58.0 Å². The van der Waals surface area contributed by atoms with Gasteiger partial charge in [0.05, 0.1) is 0 Å². The van der Waals surface area contributed by atoms with E-state index in [0.717, 1.165) is 18.4 Å². The third-order valence-corrected chi connectivity index (χ3v) is 4.87. The molecule has 4 atom stereocenters. The monoisotopic (exact) mass is 274 g/mol. The maximum absolute atomic E-state index is 3.71. The molecule has 0 radical (unpaired) electrons. The number of hydrogen-bond donors (Lipinski definition) is 1. The average Bonchev–Trinajstić information content (AvgIpc) is 2.79. The number of benzene rings is 1. The average molecular weight is 274 g/mol. The highest BCUT2D eigenvalue weighted by atomic mass is 15.2. The first-order chi connectivity index (χ1) is 9.67. The third kappa shape index (κ3) is 3.42. The Hall–Kier alpha value is -0.860. The molecule has 2 heteroatoms. The van der Waals surface area contributed by atoms with E-state index in [2.05, 4.69) is 68.2 Å². The molecule has 4 unspecified atom stereocenters. The molecule has 2 rings (SSSR count). The molecule has 1 aromatic carbocycles. The molecule has 0 bridgehead atoms. The lowest BCUT2D eigenvalue weighted by atomic mass is 9.96. The summed E-state index contributed by atoms with van der Waals surface area (Å²) < 4.78 is 0. The van der Waals surface area contributed by atoms with Crippen LogP contribution in [-0.2, 0) is 0 Å². The topological polar surface area (TPSA) is 15.3 Å². The van der Waals surface area contributed by atoms with Crippen molar-refractivity contribution in [2.24, 2.45) is 11.8 Å². The molecule has 112 valence electrons. The van der Waals surface area contributed by atoms with E-state index in [1.807, 2.05) is 0 Å². The number of likely N-dealkylation sites (N-methyl/N-ethyl adjacent to an activating group) is 1. The van der Waals surface area contributed by atoms with Gasteiger partial charge < -0.3 is 5.32 Å². The first-order valence-electron chi connectivity index (χ1n) is 8.19. The highest BCUT2D eigenvalue weighted by Crippen LogP contribution is 2.30. The molecule has 2 nitrogen and oxygen atoms in total. The molecule has 1 aliphatic heterocycles. The predicted octanol–water partition coefficient (Wildman–Crippen LogP) is 3.70. The Morgan fingerprint density at radius 3 is 2.20 bits per heavy atom. The quantitative estimate of drug-likeness (QED) is 0.851. The molecule has 0 spiro atoms. The molecule has 1 aliphatic rings. The zero-order valence-corrected chi connectivity index (χ0v) is 13.5. The van der Waals surface area contributed by atoms with E-state index >= 15 is 0 Å². The van der Waals surface area contributed by atoms with Crippen molar-refractivity contribution in [1.82, 2.24) is 10.2 Å². The maximum atomic E-state index is 3.71. The SMILES string of the molecule is CCNC(c1ccccc1)C(CC)N1CC(C)C(C)C1. The Morgan fingerprint density at radius 2 is 1.70 bits per heavy atom. The number of nitrogens with one attached hydrogen (secondary N) is 1. The molecule has 0 aliphatic carbocycles. The number of nitrogens with zero attached hydrogens (tertiary/aromatic N) is 1. The highest BCUT2D eigenvalue weighted by Gasteiger charge is 2.34. The lowest BCUT2D eigenvalue weighted by Gasteiger charge is -2.35. The molecule has 0 aromatic heterocycles. The fourth-order valence-electron chi connectivity index (χ4n) is 3.51. The molecular weight excluding hydrogens is 244 g/mol. The van der Waals surface area contributed by atoms with Gasteiger partial charge in [-0.15, -0.1) is 0 Å². The van der Waals surface area contributed by atoms with Gasteiger partial charge in [-0.3, -0.25) is 4.90 Å². The summed E-state index contributed by atoms with van der Waals surface area (Å²) in [5.41, 5.74) is 1.42. The smallest absolute Gasteiger partial charge is 0.0477 e. The van der Waals surface area contributed by atoms with Crippen molar-refractivity contribution in [1.29, 1.82) is 0 Å². The highest BCUT2D eigenvalue weighted by molar-refractivity contribution is 5.21. The summed E-state index contributed by atoms with van der Waals surface area (Å²) in [6, 6.07) is 12.0. The van der Waals surface area contributed by atoms with E-state index in [1.54, 1.807) is 0 Å². The van der Waals surface area contributed by atoms with Gasteiger partial charge in [0.15, 0.2) is 0 Å². The second kappa shape index (κ2) is 7.24. The minimum atomic E-state index is 0.448. The van der Waals surface area contributed by atoms with Crippen molar-refractivity contribution < 1.29 is 0 Å². The van der Waals surface area contributed by atoms with Crippen LogP contribution in [0.1, 0.15) is 45.7 Å². The first-order valence-corrected chi connectivity index (χ1v) is 8.19. The van der Waals surface area contributed by atoms with Crippen molar-refractivity contribution in [3.8, 4) is 0 Å². The van der Waals surface area contributed by atoms with Crippen LogP contribution in [0.4, 0.5) is 0 Å². The van der Waals surface area contributed by atoms with Gasteiger partial charge in [0.25, 0.3) is 0 Å². The van der Waals surface area contributed by atoms with Gasteiger partial charge in [-0.2, -0.15) is 0 Å². The van der Waals surface area contributed by atoms with Crippen molar-refractivity contribution in [2.45, 2.75) is 46.2 Å². The first kappa shape index (κ1) is 15.5.